The van der Waals surface area contributed by atoms with E-state index in [0.29, 0.717) is 0 Å². The van der Waals surface area contributed by atoms with Crippen molar-refractivity contribution in [3.05, 3.63) is 34.3 Å². The number of rotatable bonds is 1. The normalized spacial score (nSPS) is 13.2. The van der Waals surface area contributed by atoms with Gasteiger partial charge in [-0.15, -0.1) is 12.4 Å². The Morgan fingerprint density at radius 1 is 1.14 bits per heavy atom. The van der Waals surface area contributed by atoms with Crippen LogP contribution in [0, 0.1) is 5.41 Å². The maximum absolute atomic E-state index is 6.11. The number of hydrogen-bond donors (Lipinski definition) is 1. The van der Waals surface area contributed by atoms with E-state index in [1.54, 1.807) is 0 Å². The Morgan fingerprint density at radius 2 is 1.57 bits per heavy atom. The number of halogens is 2. The fourth-order valence-corrected chi connectivity index (χ4v) is 1.43. The van der Waals surface area contributed by atoms with Crippen LogP contribution in [0.5, 0.6) is 0 Å². The van der Waals surface area contributed by atoms with Crippen molar-refractivity contribution in [3.8, 4) is 0 Å². The quantitative estimate of drug-likeness (QED) is 0.828. The van der Waals surface area contributed by atoms with Gasteiger partial charge in [0.1, 0.15) is 0 Å². The van der Waals surface area contributed by atoms with Crippen molar-refractivity contribution in [3.63, 3.8) is 0 Å². The van der Waals surface area contributed by atoms with Crippen LogP contribution in [0.4, 0.5) is 0 Å². The molecule has 0 aliphatic rings. The molecule has 0 aromatic heterocycles. The zero-order valence-electron chi connectivity index (χ0n) is 8.75. The molecule has 0 aliphatic heterocycles. The van der Waals surface area contributed by atoms with Gasteiger partial charge in [-0.25, -0.2) is 0 Å². The first-order valence-electron chi connectivity index (χ1n) is 4.42. The van der Waals surface area contributed by atoms with E-state index in [0.717, 1.165) is 4.47 Å². The summed E-state index contributed by atoms with van der Waals surface area (Å²) in [6.45, 7) is 6.46. The van der Waals surface area contributed by atoms with E-state index in [1.165, 1.54) is 5.56 Å². The molecule has 0 fully saturated rings. The fraction of sp³-hybridized carbons (Fsp3) is 0.455. The second-order valence-corrected chi connectivity index (χ2v) is 5.31. The van der Waals surface area contributed by atoms with Crippen molar-refractivity contribution in [2.24, 2.45) is 11.1 Å². The third kappa shape index (κ3) is 3.60. The Kier molecular flexibility index (Phi) is 5.13. The maximum Gasteiger partial charge on any atom is 0.0344 e. The summed E-state index contributed by atoms with van der Waals surface area (Å²) in [5, 5.41) is 0. The van der Waals surface area contributed by atoms with Gasteiger partial charge in [0.05, 0.1) is 0 Å². The van der Waals surface area contributed by atoms with Crippen molar-refractivity contribution >= 4 is 28.3 Å². The molecule has 2 N–H and O–H groups in total. The molecule has 1 rings (SSSR count). The number of hydrogen-bond acceptors (Lipinski definition) is 1. The standard InChI is InChI=1S/C11H16BrN.ClH/c1-11(2,3)10(13)8-4-6-9(12)7-5-8;/h4-7,10H,13H2,1-3H3;1H. The third-order valence-electron chi connectivity index (χ3n) is 2.16. The number of nitrogens with two attached hydrogens (primary N) is 1. The van der Waals surface area contributed by atoms with Gasteiger partial charge in [-0.2, -0.15) is 0 Å². The molecule has 0 saturated carbocycles. The molecule has 0 radical (unpaired) electrons. The Hall–Kier alpha value is -0.0500. The van der Waals surface area contributed by atoms with Gasteiger partial charge in [-0.05, 0) is 23.1 Å². The Balaban J connectivity index is 0.00000169. The Bertz CT molecular complexity index is 276. The zero-order chi connectivity index (χ0) is 10.1. The molecule has 1 nitrogen and oxygen atoms in total. The highest BCUT2D eigenvalue weighted by Gasteiger charge is 2.21. The van der Waals surface area contributed by atoms with Gasteiger partial charge < -0.3 is 5.73 Å². The molecule has 0 amide bonds. The van der Waals surface area contributed by atoms with E-state index in [-0.39, 0.29) is 23.9 Å². The summed E-state index contributed by atoms with van der Waals surface area (Å²) in [5.74, 6) is 0. The lowest BCUT2D eigenvalue weighted by Crippen LogP contribution is -2.26. The van der Waals surface area contributed by atoms with Gasteiger partial charge in [0, 0.05) is 10.5 Å². The summed E-state index contributed by atoms with van der Waals surface area (Å²) in [6.07, 6.45) is 0. The maximum atomic E-state index is 6.11. The Morgan fingerprint density at radius 3 is 1.93 bits per heavy atom. The average Bonchev–Trinajstić information content (AvgIpc) is 2.03. The van der Waals surface area contributed by atoms with Crippen LogP contribution in [-0.2, 0) is 0 Å². The highest BCUT2D eigenvalue weighted by molar-refractivity contribution is 9.10. The van der Waals surface area contributed by atoms with Crippen LogP contribution in [0.3, 0.4) is 0 Å². The molecule has 1 atom stereocenters. The van der Waals surface area contributed by atoms with Crippen molar-refractivity contribution in [2.45, 2.75) is 26.8 Å². The first-order chi connectivity index (χ1) is 5.91. The number of benzene rings is 1. The van der Waals surface area contributed by atoms with Crippen molar-refractivity contribution < 1.29 is 0 Å². The van der Waals surface area contributed by atoms with Gasteiger partial charge in [-0.1, -0.05) is 48.8 Å². The fourth-order valence-electron chi connectivity index (χ4n) is 1.17. The molecule has 1 aromatic carbocycles. The predicted octanol–water partition coefficient (Wildman–Crippen LogP) is 3.92. The van der Waals surface area contributed by atoms with Gasteiger partial charge in [0.15, 0.2) is 0 Å². The van der Waals surface area contributed by atoms with Gasteiger partial charge >= 0.3 is 0 Å². The largest absolute Gasteiger partial charge is 0.324 e. The summed E-state index contributed by atoms with van der Waals surface area (Å²) in [6, 6.07) is 8.29. The van der Waals surface area contributed by atoms with E-state index < -0.39 is 0 Å². The lowest BCUT2D eigenvalue weighted by molar-refractivity contribution is 0.327. The topological polar surface area (TPSA) is 26.0 Å². The van der Waals surface area contributed by atoms with E-state index in [2.05, 4.69) is 48.8 Å². The zero-order valence-corrected chi connectivity index (χ0v) is 11.2. The second-order valence-electron chi connectivity index (χ2n) is 4.40. The lowest BCUT2D eigenvalue weighted by Gasteiger charge is -2.27. The van der Waals surface area contributed by atoms with Crippen LogP contribution >= 0.6 is 28.3 Å². The van der Waals surface area contributed by atoms with Crippen molar-refractivity contribution in [2.75, 3.05) is 0 Å². The molecule has 0 spiro atoms. The smallest absolute Gasteiger partial charge is 0.0344 e. The molecular formula is C11H17BrClN. The first kappa shape index (κ1) is 13.9. The van der Waals surface area contributed by atoms with Crippen molar-refractivity contribution in [1.82, 2.24) is 0 Å². The molecule has 1 unspecified atom stereocenters. The van der Waals surface area contributed by atoms with Crippen LogP contribution in [0.25, 0.3) is 0 Å². The van der Waals surface area contributed by atoms with Crippen molar-refractivity contribution in [1.29, 1.82) is 0 Å². The summed E-state index contributed by atoms with van der Waals surface area (Å²) in [7, 11) is 0. The summed E-state index contributed by atoms with van der Waals surface area (Å²) in [5.41, 5.74) is 7.42. The summed E-state index contributed by atoms with van der Waals surface area (Å²) in [4.78, 5) is 0. The highest BCUT2D eigenvalue weighted by Crippen LogP contribution is 2.30. The molecule has 0 aliphatic carbocycles. The molecule has 0 heterocycles. The van der Waals surface area contributed by atoms with Crippen LogP contribution in [-0.4, -0.2) is 0 Å². The monoisotopic (exact) mass is 277 g/mol. The molecule has 14 heavy (non-hydrogen) atoms. The van der Waals surface area contributed by atoms with E-state index >= 15 is 0 Å². The van der Waals surface area contributed by atoms with E-state index in [1.807, 2.05) is 12.1 Å². The molecule has 3 heteroatoms. The van der Waals surface area contributed by atoms with Crippen LogP contribution in [0.1, 0.15) is 32.4 Å². The Labute approximate surface area is 101 Å². The summed E-state index contributed by atoms with van der Waals surface area (Å²) < 4.78 is 1.09. The highest BCUT2D eigenvalue weighted by atomic mass is 79.9. The lowest BCUT2D eigenvalue weighted by atomic mass is 9.83. The second kappa shape index (κ2) is 5.15. The molecule has 0 saturated heterocycles. The minimum Gasteiger partial charge on any atom is -0.324 e. The molecule has 0 bridgehead atoms. The van der Waals surface area contributed by atoms with E-state index in [4.69, 9.17) is 5.73 Å². The first-order valence-corrected chi connectivity index (χ1v) is 5.21. The molecule has 1 aromatic rings. The van der Waals surface area contributed by atoms with Crippen LogP contribution < -0.4 is 5.73 Å². The third-order valence-corrected chi connectivity index (χ3v) is 2.69. The molecule has 80 valence electrons. The minimum absolute atomic E-state index is 0. The van der Waals surface area contributed by atoms with Gasteiger partial charge in [0.2, 0.25) is 0 Å². The van der Waals surface area contributed by atoms with E-state index in [9.17, 15) is 0 Å². The van der Waals surface area contributed by atoms with Gasteiger partial charge in [0.25, 0.3) is 0 Å². The predicted molar refractivity (Wildman–Crippen MR) is 67.8 cm³/mol. The van der Waals surface area contributed by atoms with Gasteiger partial charge in [-0.3, -0.25) is 0 Å². The van der Waals surface area contributed by atoms with Crippen LogP contribution in [0.2, 0.25) is 0 Å². The van der Waals surface area contributed by atoms with Crippen LogP contribution in [0.15, 0.2) is 28.7 Å². The minimum atomic E-state index is 0. The SMILES string of the molecule is CC(C)(C)C(N)c1ccc(Br)cc1.Cl. The summed E-state index contributed by atoms with van der Waals surface area (Å²) >= 11 is 3.40. The average molecular weight is 279 g/mol. The molecular weight excluding hydrogens is 261 g/mol.